The molecule has 0 aliphatic rings. The van der Waals surface area contributed by atoms with Gasteiger partial charge in [0, 0.05) is 12.0 Å². The fourth-order valence-electron chi connectivity index (χ4n) is 1.94. The molecule has 2 aromatic rings. The molecule has 1 aromatic carbocycles. The van der Waals surface area contributed by atoms with E-state index < -0.39 is 5.97 Å². The monoisotopic (exact) mass is 275 g/mol. The van der Waals surface area contributed by atoms with E-state index in [2.05, 4.69) is 5.10 Å². The molecular formula is C14H17N3O3. The fraction of sp³-hybridized carbons (Fsp3) is 0.286. The van der Waals surface area contributed by atoms with Gasteiger partial charge in [-0.1, -0.05) is 12.1 Å². The van der Waals surface area contributed by atoms with Crippen LogP contribution in [0.4, 0.5) is 5.82 Å². The molecule has 0 spiro atoms. The average molecular weight is 275 g/mol. The number of nitrogen functional groups attached to an aromatic ring is 1. The summed E-state index contributed by atoms with van der Waals surface area (Å²) in [6.07, 6.45) is 2.06. The van der Waals surface area contributed by atoms with Gasteiger partial charge in [0.05, 0.1) is 19.9 Å². The summed E-state index contributed by atoms with van der Waals surface area (Å²) in [6, 6.07) is 7.64. The molecule has 0 aliphatic carbocycles. The Balaban J connectivity index is 2.11. The van der Waals surface area contributed by atoms with Crippen LogP contribution in [-0.2, 0) is 17.8 Å². The number of hydrogen-bond acceptors (Lipinski definition) is 4. The maximum atomic E-state index is 10.6. The zero-order chi connectivity index (χ0) is 14.5. The van der Waals surface area contributed by atoms with E-state index in [1.807, 2.05) is 24.3 Å². The standard InChI is InChI=1S/C14H17N3O3/c1-20-12-4-2-3-10(7-12)9-17-14(15)11(8-16-17)5-6-13(18)19/h2-4,7-8H,5-6,9,15H2,1H3,(H,18,19). The molecule has 6 heteroatoms. The Labute approximate surface area is 116 Å². The molecule has 0 amide bonds. The zero-order valence-electron chi connectivity index (χ0n) is 11.2. The van der Waals surface area contributed by atoms with Crippen molar-refractivity contribution in [1.29, 1.82) is 0 Å². The van der Waals surface area contributed by atoms with E-state index in [4.69, 9.17) is 15.6 Å². The Morgan fingerprint density at radius 3 is 3.00 bits per heavy atom. The number of nitrogens with two attached hydrogens (primary N) is 1. The second-order valence-electron chi connectivity index (χ2n) is 4.46. The number of hydrogen-bond donors (Lipinski definition) is 2. The Kier molecular flexibility index (Phi) is 4.24. The van der Waals surface area contributed by atoms with E-state index in [0.717, 1.165) is 16.9 Å². The van der Waals surface area contributed by atoms with Crippen LogP contribution in [0.3, 0.4) is 0 Å². The van der Waals surface area contributed by atoms with Crippen molar-refractivity contribution in [2.45, 2.75) is 19.4 Å². The van der Waals surface area contributed by atoms with Gasteiger partial charge in [0.2, 0.25) is 0 Å². The molecule has 3 N–H and O–H groups in total. The molecule has 0 atom stereocenters. The van der Waals surface area contributed by atoms with Gasteiger partial charge in [-0.2, -0.15) is 5.10 Å². The highest BCUT2D eigenvalue weighted by molar-refractivity contribution is 5.67. The molecule has 0 fully saturated rings. The molecule has 106 valence electrons. The number of methoxy groups -OCH3 is 1. The molecule has 20 heavy (non-hydrogen) atoms. The van der Waals surface area contributed by atoms with E-state index in [0.29, 0.717) is 18.8 Å². The quantitative estimate of drug-likeness (QED) is 0.834. The summed E-state index contributed by atoms with van der Waals surface area (Å²) in [7, 11) is 1.62. The molecular weight excluding hydrogens is 258 g/mol. The van der Waals surface area contributed by atoms with Crippen molar-refractivity contribution in [2.75, 3.05) is 12.8 Å². The zero-order valence-corrected chi connectivity index (χ0v) is 11.2. The highest BCUT2D eigenvalue weighted by atomic mass is 16.5. The van der Waals surface area contributed by atoms with E-state index >= 15 is 0 Å². The molecule has 0 unspecified atom stereocenters. The number of aromatic nitrogens is 2. The first-order valence-corrected chi connectivity index (χ1v) is 6.25. The second kappa shape index (κ2) is 6.10. The first-order chi connectivity index (χ1) is 9.60. The number of benzene rings is 1. The summed E-state index contributed by atoms with van der Waals surface area (Å²) in [5, 5.41) is 12.9. The predicted molar refractivity (Wildman–Crippen MR) is 74.7 cm³/mol. The van der Waals surface area contributed by atoms with Crippen LogP contribution >= 0.6 is 0 Å². The lowest BCUT2D eigenvalue weighted by Crippen LogP contribution is -2.07. The minimum absolute atomic E-state index is 0.0506. The third-order valence-corrected chi connectivity index (χ3v) is 3.03. The Bertz CT molecular complexity index is 607. The highest BCUT2D eigenvalue weighted by Gasteiger charge is 2.09. The number of carboxylic acid groups (broad SMARTS) is 1. The maximum absolute atomic E-state index is 10.6. The Morgan fingerprint density at radius 1 is 1.50 bits per heavy atom. The third kappa shape index (κ3) is 3.28. The molecule has 1 aromatic heterocycles. The molecule has 0 saturated heterocycles. The fourth-order valence-corrected chi connectivity index (χ4v) is 1.94. The SMILES string of the molecule is COc1cccc(Cn2ncc(CCC(=O)O)c2N)c1. The summed E-state index contributed by atoms with van der Waals surface area (Å²) >= 11 is 0. The van der Waals surface area contributed by atoms with Gasteiger partial charge in [-0.15, -0.1) is 0 Å². The van der Waals surface area contributed by atoms with Crippen LogP contribution < -0.4 is 10.5 Å². The van der Waals surface area contributed by atoms with Crippen LogP contribution in [0, 0.1) is 0 Å². The van der Waals surface area contributed by atoms with Crippen molar-refractivity contribution >= 4 is 11.8 Å². The first-order valence-electron chi connectivity index (χ1n) is 6.25. The van der Waals surface area contributed by atoms with Crippen molar-refractivity contribution in [2.24, 2.45) is 0 Å². The number of anilines is 1. The van der Waals surface area contributed by atoms with E-state index in [-0.39, 0.29) is 6.42 Å². The van der Waals surface area contributed by atoms with Crippen LogP contribution in [0.5, 0.6) is 5.75 Å². The van der Waals surface area contributed by atoms with Crippen LogP contribution in [0.2, 0.25) is 0 Å². The number of nitrogens with zero attached hydrogens (tertiary/aromatic N) is 2. The summed E-state index contributed by atoms with van der Waals surface area (Å²) in [5.41, 5.74) is 7.76. The number of carboxylic acids is 1. The van der Waals surface area contributed by atoms with Crippen molar-refractivity contribution in [3.8, 4) is 5.75 Å². The van der Waals surface area contributed by atoms with Gasteiger partial charge in [0.15, 0.2) is 0 Å². The summed E-state index contributed by atoms with van der Waals surface area (Å²) in [5.74, 6) is 0.443. The number of rotatable bonds is 6. The third-order valence-electron chi connectivity index (χ3n) is 3.03. The minimum atomic E-state index is -0.843. The Morgan fingerprint density at radius 2 is 2.30 bits per heavy atom. The summed E-state index contributed by atoms with van der Waals surface area (Å²) < 4.78 is 6.83. The van der Waals surface area contributed by atoms with Crippen molar-refractivity contribution in [3.05, 3.63) is 41.6 Å². The molecule has 0 aliphatic heterocycles. The first kappa shape index (κ1) is 13.9. The molecule has 1 heterocycles. The molecule has 0 saturated carbocycles. The van der Waals surface area contributed by atoms with Crippen LogP contribution in [0.1, 0.15) is 17.5 Å². The summed E-state index contributed by atoms with van der Waals surface area (Å²) in [6.45, 7) is 0.524. The van der Waals surface area contributed by atoms with Gasteiger partial charge < -0.3 is 15.6 Å². The van der Waals surface area contributed by atoms with Gasteiger partial charge in [0.25, 0.3) is 0 Å². The topological polar surface area (TPSA) is 90.4 Å². The van der Waals surface area contributed by atoms with Crippen molar-refractivity contribution < 1.29 is 14.6 Å². The van der Waals surface area contributed by atoms with Crippen LogP contribution in [0.25, 0.3) is 0 Å². The van der Waals surface area contributed by atoms with Gasteiger partial charge in [-0.25, -0.2) is 4.68 Å². The number of aryl methyl sites for hydroxylation is 1. The molecule has 0 radical (unpaired) electrons. The molecule has 2 rings (SSSR count). The highest BCUT2D eigenvalue weighted by Crippen LogP contribution is 2.17. The van der Waals surface area contributed by atoms with Crippen LogP contribution in [-0.4, -0.2) is 28.0 Å². The molecule has 6 nitrogen and oxygen atoms in total. The van der Waals surface area contributed by atoms with E-state index in [9.17, 15) is 4.79 Å². The number of aliphatic carboxylic acids is 1. The van der Waals surface area contributed by atoms with Gasteiger partial charge in [-0.05, 0) is 24.1 Å². The lowest BCUT2D eigenvalue weighted by atomic mass is 10.2. The van der Waals surface area contributed by atoms with Gasteiger partial charge in [-0.3, -0.25) is 4.79 Å². The minimum Gasteiger partial charge on any atom is -0.497 e. The van der Waals surface area contributed by atoms with E-state index in [1.54, 1.807) is 18.0 Å². The smallest absolute Gasteiger partial charge is 0.303 e. The van der Waals surface area contributed by atoms with Gasteiger partial charge in [0.1, 0.15) is 11.6 Å². The number of carbonyl (C=O) groups is 1. The normalized spacial score (nSPS) is 10.4. The molecule has 0 bridgehead atoms. The lowest BCUT2D eigenvalue weighted by Gasteiger charge is -2.07. The maximum Gasteiger partial charge on any atom is 0.303 e. The second-order valence-corrected chi connectivity index (χ2v) is 4.46. The van der Waals surface area contributed by atoms with Crippen LogP contribution in [0.15, 0.2) is 30.5 Å². The summed E-state index contributed by atoms with van der Waals surface area (Å²) in [4.78, 5) is 10.6. The van der Waals surface area contributed by atoms with Crippen molar-refractivity contribution in [1.82, 2.24) is 9.78 Å². The van der Waals surface area contributed by atoms with Gasteiger partial charge >= 0.3 is 5.97 Å². The van der Waals surface area contributed by atoms with Crippen molar-refractivity contribution in [3.63, 3.8) is 0 Å². The number of ether oxygens (including phenoxy) is 1. The predicted octanol–water partition coefficient (Wildman–Crippen LogP) is 1.54. The van der Waals surface area contributed by atoms with E-state index in [1.165, 1.54) is 0 Å². The lowest BCUT2D eigenvalue weighted by molar-refractivity contribution is -0.136. The Hall–Kier alpha value is -2.50. The largest absolute Gasteiger partial charge is 0.497 e. The average Bonchev–Trinajstić information content (AvgIpc) is 2.78.